The summed E-state index contributed by atoms with van der Waals surface area (Å²) in [6.45, 7) is 0.941. The van der Waals surface area contributed by atoms with Crippen molar-refractivity contribution in [2.24, 2.45) is 0 Å². The van der Waals surface area contributed by atoms with Crippen molar-refractivity contribution >= 4 is 11.6 Å². The summed E-state index contributed by atoms with van der Waals surface area (Å²) in [5.41, 5.74) is 0.763. The van der Waals surface area contributed by atoms with Crippen LogP contribution >= 0.6 is 11.6 Å². The van der Waals surface area contributed by atoms with Gasteiger partial charge >= 0.3 is 0 Å². The number of hydrogen-bond acceptors (Lipinski definition) is 2. The molecule has 1 aliphatic rings. The average Bonchev–Trinajstić information content (AvgIpc) is 2.46. The highest BCUT2D eigenvalue weighted by molar-refractivity contribution is 6.30. The maximum atomic E-state index is 8.93. The van der Waals surface area contributed by atoms with Crippen molar-refractivity contribution in [3.05, 3.63) is 16.7 Å². The molecule has 0 fully saturated rings. The zero-order valence-corrected chi connectivity index (χ0v) is 6.80. The first-order valence-corrected chi connectivity index (χ1v) is 4.05. The average molecular weight is 173 g/mol. The van der Waals surface area contributed by atoms with Crippen molar-refractivity contribution in [1.29, 1.82) is 0 Å². The Morgan fingerprint density at radius 1 is 1.64 bits per heavy atom. The molecular weight excluding hydrogens is 164 g/mol. The normalized spacial score (nSPS) is 15.5. The molecule has 3 nitrogen and oxygen atoms in total. The van der Waals surface area contributed by atoms with E-state index in [2.05, 4.69) is 4.98 Å². The lowest BCUT2D eigenvalue weighted by molar-refractivity contribution is 0.271. The van der Waals surface area contributed by atoms with E-state index in [4.69, 9.17) is 16.7 Å². The zero-order chi connectivity index (χ0) is 7.84. The predicted octanol–water partition coefficient (Wildman–Crippen LogP) is 0.975. The van der Waals surface area contributed by atoms with Gasteiger partial charge in [0.2, 0.25) is 0 Å². The van der Waals surface area contributed by atoms with Crippen LogP contribution in [0.3, 0.4) is 0 Å². The van der Waals surface area contributed by atoms with Gasteiger partial charge in [0.05, 0.1) is 12.3 Å². The lowest BCUT2D eigenvalue weighted by atomic mass is 10.4. The van der Waals surface area contributed by atoms with Crippen LogP contribution in [0.4, 0.5) is 0 Å². The summed E-state index contributed by atoms with van der Waals surface area (Å²) in [4.78, 5) is 4.13. The molecule has 1 aromatic heterocycles. The van der Waals surface area contributed by atoms with Gasteiger partial charge in [0.25, 0.3) is 0 Å². The van der Waals surface area contributed by atoms with E-state index < -0.39 is 0 Å². The summed E-state index contributed by atoms with van der Waals surface area (Å²) < 4.78 is 2.00. The highest BCUT2D eigenvalue weighted by Gasteiger charge is 2.18. The number of halogens is 1. The van der Waals surface area contributed by atoms with Gasteiger partial charge in [-0.3, -0.25) is 0 Å². The Morgan fingerprint density at radius 3 is 3.18 bits per heavy atom. The van der Waals surface area contributed by atoms with Crippen LogP contribution in [0.1, 0.15) is 17.9 Å². The second-order valence-corrected chi connectivity index (χ2v) is 3.04. The molecule has 0 spiro atoms. The van der Waals surface area contributed by atoms with Gasteiger partial charge in [0.1, 0.15) is 5.82 Å². The summed E-state index contributed by atoms with van der Waals surface area (Å²) in [6.07, 6.45) is 2.10. The van der Waals surface area contributed by atoms with Gasteiger partial charge in [-0.05, 0) is 6.42 Å². The van der Waals surface area contributed by atoms with Crippen LogP contribution in [0.2, 0.25) is 5.15 Å². The van der Waals surface area contributed by atoms with Crippen LogP contribution in [0.25, 0.3) is 0 Å². The molecule has 0 radical (unpaired) electrons. The fraction of sp³-hybridized carbons (Fsp3) is 0.571. The van der Waals surface area contributed by atoms with E-state index in [1.165, 1.54) is 0 Å². The number of hydrogen-bond donors (Lipinski definition) is 1. The minimum Gasteiger partial charge on any atom is -0.390 e. The molecule has 1 aliphatic heterocycles. The van der Waals surface area contributed by atoms with Gasteiger partial charge in [-0.1, -0.05) is 11.6 Å². The third-order valence-electron chi connectivity index (χ3n) is 2.03. The number of aliphatic hydroxyl groups is 1. The summed E-state index contributed by atoms with van der Waals surface area (Å²) in [5, 5.41) is 9.39. The van der Waals surface area contributed by atoms with Crippen LogP contribution in [0.5, 0.6) is 0 Å². The number of nitrogens with zero attached hydrogens (tertiary/aromatic N) is 2. The first-order chi connectivity index (χ1) is 5.33. The molecule has 0 saturated carbocycles. The van der Waals surface area contributed by atoms with Crippen LogP contribution < -0.4 is 0 Å². The van der Waals surface area contributed by atoms with Crippen molar-refractivity contribution in [3.63, 3.8) is 0 Å². The van der Waals surface area contributed by atoms with Gasteiger partial charge < -0.3 is 9.67 Å². The molecule has 0 bridgehead atoms. The van der Waals surface area contributed by atoms with Crippen LogP contribution in [0.15, 0.2) is 0 Å². The fourth-order valence-electron chi connectivity index (χ4n) is 1.51. The third kappa shape index (κ3) is 0.957. The molecule has 0 saturated heterocycles. The maximum absolute atomic E-state index is 8.93. The second-order valence-electron chi connectivity index (χ2n) is 2.68. The van der Waals surface area contributed by atoms with Gasteiger partial charge in [-0.25, -0.2) is 4.98 Å². The molecule has 0 aromatic carbocycles. The van der Waals surface area contributed by atoms with E-state index in [1.807, 2.05) is 4.57 Å². The maximum Gasteiger partial charge on any atom is 0.152 e. The Morgan fingerprint density at radius 2 is 2.45 bits per heavy atom. The first kappa shape index (κ1) is 7.13. The summed E-state index contributed by atoms with van der Waals surface area (Å²) in [7, 11) is 0. The highest BCUT2D eigenvalue weighted by Crippen LogP contribution is 2.23. The Labute approximate surface area is 69.6 Å². The van der Waals surface area contributed by atoms with E-state index in [-0.39, 0.29) is 6.61 Å². The molecular formula is C7H9ClN2O. The Hall–Kier alpha value is -0.540. The molecule has 2 heterocycles. The zero-order valence-electron chi connectivity index (χ0n) is 6.05. The molecule has 0 amide bonds. The van der Waals surface area contributed by atoms with Gasteiger partial charge in [0, 0.05) is 13.0 Å². The molecule has 2 rings (SSSR count). The number of aryl methyl sites for hydroxylation is 1. The Kier molecular flexibility index (Phi) is 1.62. The monoisotopic (exact) mass is 172 g/mol. The molecule has 60 valence electrons. The molecule has 11 heavy (non-hydrogen) atoms. The second kappa shape index (κ2) is 2.50. The van der Waals surface area contributed by atoms with Crippen LogP contribution in [-0.2, 0) is 19.6 Å². The van der Waals surface area contributed by atoms with Gasteiger partial charge in [-0.2, -0.15) is 0 Å². The first-order valence-electron chi connectivity index (χ1n) is 3.67. The van der Waals surface area contributed by atoms with E-state index in [1.54, 1.807) is 0 Å². The Balaban J connectivity index is 2.52. The van der Waals surface area contributed by atoms with Gasteiger partial charge in [-0.15, -0.1) is 0 Å². The SMILES string of the molecule is OCc1c(Cl)nc2n1CCC2. The molecule has 0 unspecified atom stereocenters. The minimum absolute atomic E-state index is 0.00810. The minimum atomic E-state index is -0.00810. The lowest BCUT2D eigenvalue weighted by Crippen LogP contribution is -1.98. The standard InChI is InChI=1S/C7H9ClN2O/c8-7-5(4-11)10-3-1-2-6(10)9-7/h11H,1-4H2. The van der Waals surface area contributed by atoms with Gasteiger partial charge in [0.15, 0.2) is 5.15 Å². The van der Waals surface area contributed by atoms with Crippen LogP contribution in [0, 0.1) is 0 Å². The molecule has 1 aromatic rings. The van der Waals surface area contributed by atoms with Crippen molar-refractivity contribution in [2.45, 2.75) is 26.0 Å². The highest BCUT2D eigenvalue weighted by atomic mass is 35.5. The Bertz CT molecular complexity index is 282. The van der Waals surface area contributed by atoms with E-state index in [9.17, 15) is 0 Å². The molecule has 0 atom stereocenters. The molecule has 0 aliphatic carbocycles. The molecule has 4 heteroatoms. The van der Waals surface area contributed by atoms with Crippen LogP contribution in [-0.4, -0.2) is 14.7 Å². The quantitative estimate of drug-likeness (QED) is 0.686. The topological polar surface area (TPSA) is 38.1 Å². The largest absolute Gasteiger partial charge is 0.390 e. The number of aliphatic hydroxyl groups excluding tert-OH is 1. The number of imidazole rings is 1. The smallest absolute Gasteiger partial charge is 0.152 e. The summed E-state index contributed by atoms with van der Waals surface area (Å²) >= 11 is 5.77. The predicted molar refractivity (Wildman–Crippen MR) is 41.5 cm³/mol. The third-order valence-corrected chi connectivity index (χ3v) is 2.34. The van der Waals surface area contributed by atoms with E-state index >= 15 is 0 Å². The van der Waals surface area contributed by atoms with E-state index in [0.717, 1.165) is 30.9 Å². The lowest BCUT2D eigenvalue weighted by Gasteiger charge is -1.99. The summed E-state index contributed by atoms with van der Waals surface area (Å²) in [5.74, 6) is 1.01. The van der Waals surface area contributed by atoms with Crippen molar-refractivity contribution in [2.75, 3.05) is 0 Å². The number of fused-ring (bicyclic) bond motifs is 1. The summed E-state index contributed by atoms with van der Waals surface area (Å²) in [6, 6.07) is 0. The van der Waals surface area contributed by atoms with Crippen molar-refractivity contribution in [1.82, 2.24) is 9.55 Å². The number of rotatable bonds is 1. The van der Waals surface area contributed by atoms with Crippen molar-refractivity contribution in [3.8, 4) is 0 Å². The van der Waals surface area contributed by atoms with E-state index in [0.29, 0.717) is 5.15 Å². The molecule has 1 N–H and O–H groups in total. The number of aromatic nitrogens is 2. The van der Waals surface area contributed by atoms with Crippen molar-refractivity contribution < 1.29 is 5.11 Å². The fourth-order valence-corrected chi connectivity index (χ4v) is 1.77.